The number of hydrogen-bond acceptors (Lipinski definition) is 2. The van der Waals surface area contributed by atoms with Gasteiger partial charge in [-0.05, 0) is 43.9 Å². The molecule has 1 heterocycles. The molecular formula is C13H21NO. The maximum atomic E-state index is 5.50. The Morgan fingerprint density at radius 3 is 2.60 bits per heavy atom. The summed E-state index contributed by atoms with van der Waals surface area (Å²) in [4.78, 5) is 0. The quantitative estimate of drug-likeness (QED) is 0.822. The molecule has 0 amide bonds. The van der Waals surface area contributed by atoms with Crippen LogP contribution < -0.4 is 5.32 Å². The van der Waals surface area contributed by atoms with Crippen LogP contribution in [0.15, 0.2) is 22.8 Å². The molecule has 1 N–H and O–H groups in total. The SMILES string of the molecule is CNC(c1ccco1)C1CCC(C)CC1. The first kappa shape index (κ1) is 10.7. The van der Waals surface area contributed by atoms with Gasteiger partial charge in [0.1, 0.15) is 5.76 Å². The van der Waals surface area contributed by atoms with Gasteiger partial charge in [-0.25, -0.2) is 0 Å². The van der Waals surface area contributed by atoms with E-state index in [1.807, 2.05) is 13.1 Å². The molecule has 2 heteroatoms. The van der Waals surface area contributed by atoms with E-state index in [1.165, 1.54) is 25.7 Å². The summed E-state index contributed by atoms with van der Waals surface area (Å²) >= 11 is 0. The Hall–Kier alpha value is -0.760. The van der Waals surface area contributed by atoms with E-state index < -0.39 is 0 Å². The third kappa shape index (κ3) is 2.43. The van der Waals surface area contributed by atoms with Crippen molar-refractivity contribution in [3.05, 3.63) is 24.2 Å². The van der Waals surface area contributed by atoms with Crippen LogP contribution in [0.5, 0.6) is 0 Å². The summed E-state index contributed by atoms with van der Waals surface area (Å²) in [6.45, 7) is 2.36. The van der Waals surface area contributed by atoms with E-state index in [2.05, 4.69) is 18.3 Å². The molecule has 1 atom stereocenters. The van der Waals surface area contributed by atoms with E-state index in [9.17, 15) is 0 Å². The van der Waals surface area contributed by atoms with E-state index >= 15 is 0 Å². The molecule has 1 aliphatic carbocycles. The molecule has 1 aromatic heterocycles. The van der Waals surface area contributed by atoms with Crippen LogP contribution in [-0.4, -0.2) is 7.05 Å². The molecule has 0 saturated heterocycles. The number of furan rings is 1. The molecule has 0 aromatic carbocycles. The first-order valence-electron chi connectivity index (χ1n) is 6.02. The van der Waals surface area contributed by atoms with E-state index in [4.69, 9.17) is 4.42 Å². The van der Waals surface area contributed by atoms with Gasteiger partial charge in [0.15, 0.2) is 0 Å². The molecule has 15 heavy (non-hydrogen) atoms. The summed E-state index contributed by atoms with van der Waals surface area (Å²) in [5.74, 6) is 2.75. The fourth-order valence-corrected chi connectivity index (χ4v) is 2.70. The Morgan fingerprint density at radius 1 is 1.33 bits per heavy atom. The van der Waals surface area contributed by atoms with Crippen LogP contribution in [0.1, 0.15) is 44.4 Å². The third-order valence-corrected chi connectivity index (χ3v) is 3.69. The van der Waals surface area contributed by atoms with Crippen molar-refractivity contribution in [3.63, 3.8) is 0 Å². The molecule has 1 aromatic rings. The lowest BCUT2D eigenvalue weighted by Crippen LogP contribution is -2.28. The monoisotopic (exact) mass is 207 g/mol. The van der Waals surface area contributed by atoms with Crippen molar-refractivity contribution < 1.29 is 4.42 Å². The molecule has 1 aliphatic rings. The van der Waals surface area contributed by atoms with Gasteiger partial charge < -0.3 is 9.73 Å². The van der Waals surface area contributed by atoms with Gasteiger partial charge in [-0.3, -0.25) is 0 Å². The average molecular weight is 207 g/mol. The van der Waals surface area contributed by atoms with Gasteiger partial charge in [0.2, 0.25) is 0 Å². The van der Waals surface area contributed by atoms with Crippen LogP contribution in [0, 0.1) is 11.8 Å². The van der Waals surface area contributed by atoms with Crippen molar-refractivity contribution >= 4 is 0 Å². The van der Waals surface area contributed by atoms with Crippen molar-refractivity contribution in [3.8, 4) is 0 Å². The zero-order valence-electron chi connectivity index (χ0n) is 9.70. The fourth-order valence-electron chi connectivity index (χ4n) is 2.70. The Labute approximate surface area is 92.1 Å². The minimum Gasteiger partial charge on any atom is -0.468 e. The summed E-state index contributed by atoms with van der Waals surface area (Å²) in [7, 11) is 2.03. The molecule has 0 spiro atoms. The molecule has 84 valence electrons. The normalized spacial score (nSPS) is 28.9. The summed E-state index contributed by atoms with van der Waals surface area (Å²) < 4.78 is 5.50. The van der Waals surface area contributed by atoms with Crippen LogP contribution in [0.4, 0.5) is 0 Å². The topological polar surface area (TPSA) is 25.2 Å². The lowest BCUT2D eigenvalue weighted by molar-refractivity contribution is 0.219. The van der Waals surface area contributed by atoms with E-state index in [0.29, 0.717) is 6.04 Å². The highest BCUT2D eigenvalue weighted by atomic mass is 16.3. The van der Waals surface area contributed by atoms with Gasteiger partial charge in [0.05, 0.1) is 12.3 Å². The van der Waals surface area contributed by atoms with Crippen LogP contribution >= 0.6 is 0 Å². The van der Waals surface area contributed by atoms with E-state index in [1.54, 1.807) is 6.26 Å². The molecule has 1 fully saturated rings. The largest absolute Gasteiger partial charge is 0.468 e. The van der Waals surface area contributed by atoms with Crippen molar-refractivity contribution in [1.82, 2.24) is 5.32 Å². The minimum absolute atomic E-state index is 0.410. The summed E-state index contributed by atoms with van der Waals surface area (Å²) in [6, 6.07) is 4.47. The Bertz CT molecular complexity index is 273. The predicted octanol–water partition coefficient (Wildman–Crippen LogP) is 3.37. The Balaban J connectivity index is 2.01. The minimum atomic E-state index is 0.410. The summed E-state index contributed by atoms with van der Waals surface area (Å²) in [5, 5.41) is 3.40. The first-order chi connectivity index (χ1) is 7.31. The highest BCUT2D eigenvalue weighted by Crippen LogP contribution is 2.36. The van der Waals surface area contributed by atoms with Gasteiger partial charge >= 0.3 is 0 Å². The zero-order chi connectivity index (χ0) is 10.7. The van der Waals surface area contributed by atoms with Gasteiger partial charge in [0.25, 0.3) is 0 Å². The number of nitrogens with one attached hydrogen (secondary N) is 1. The smallest absolute Gasteiger partial charge is 0.120 e. The van der Waals surface area contributed by atoms with Crippen LogP contribution in [-0.2, 0) is 0 Å². The van der Waals surface area contributed by atoms with Crippen molar-refractivity contribution in [2.75, 3.05) is 7.05 Å². The summed E-state index contributed by atoms with van der Waals surface area (Å²) in [6.07, 6.45) is 7.15. The average Bonchev–Trinajstić information content (AvgIpc) is 2.75. The summed E-state index contributed by atoms with van der Waals surface area (Å²) in [5.41, 5.74) is 0. The molecular weight excluding hydrogens is 186 g/mol. The number of hydrogen-bond donors (Lipinski definition) is 1. The van der Waals surface area contributed by atoms with Crippen molar-refractivity contribution in [2.24, 2.45) is 11.8 Å². The second-order valence-corrected chi connectivity index (χ2v) is 4.80. The highest BCUT2D eigenvalue weighted by molar-refractivity contribution is 5.06. The molecule has 1 saturated carbocycles. The lowest BCUT2D eigenvalue weighted by atomic mass is 9.78. The van der Waals surface area contributed by atoms with Gasteiger partial charge in [-0.2, -0.15) is 0 Å². The molecule has 2 rings (SSSR count). The third-order valence-electron chi connectivity index (χ3n) is 3.69. The van der Waals surface area contributed by atoms with Gasteiger partial charge in [-0.15, -0.1) is 0 Å². The van der Waals surface area contributed by atoms with E-state index in [-0.39, 0.29) is 0 Å². The van der Waals surface area contributed by atoms with Crippen molar-refractivity contribution in [1.29, 1.82) is 0 Å². The first-order valence-corrected chi connectivity index (χ1v) is 6.02. The van der Waals surface area contributed by atoms with Crippen molar-refractivity contribution in [2.45, 2.75) is 38.6 Å². The van der Waals surface area contributed by atoms with Crippen LogP contribution in [0.2, 0.25) is 0 Å². The second kappa shape index (κ2) is 4.84. The van der Waals surface area contributed by atoms with E-state index in [0.717, 1.165) is 17.6 Å². The number of rotatable bonds is 3. The van der Waals surface area contributed by atoms with Gasteiger partial charge in [0, 0.05) is 0 Å². The van der Waals surface area contributed by atoms with Gasteiger partial charge in [-0.1, -0.05) is 19.8 Å². The zero-order valence-corrected chi connectivity index (χ0v) is 9.70. The second-order valence-electron chi connectivity index (χ2n) is 4.80. The lowest BCUT2D eigenvalue weighted by Gasteiger charge is -2.31. The Morgan fingerprint density at radius 2 is 2.07 bits per heavy atom. The molecule has 1 unspecified atom stereocenters. The highest BCUT2D eigenvalue weighted by Gasteiger charge is 2.27. The molecule has 2 nitrogen and oxygen atoms in total. The maximum absolute atomic E-state index is 5.50. The predicted molar refractivity (Wildman–Crippen MR) is 61.6 cm³/mol. The Kier molecular flexibility index (Phi) is 3.47. The molecule has 0 radical (unpaired) electrons. The van der Waals surface area contributed by atoms with Crippen LogP contribution in [0.25, 0.3) is 0 Å². The fraction of sp³-hybridized carbons (Fsp3) is 0.692. The molecule has 0 bridgehead atoms. The van der Waals surface area contributed by atoms with Crippen LogP contribution in [0.3, 0.4) is 0 Å². The molecule has 0 aliphatic heterocycles. The standard InChI is InChI=1S/C13H21NO/c1-10-5-7-11(8-6-10)13(14-2)12-4-3-9-15-12/h3-4,9-11,13-14H,5-8H2,1-2H3. The maximum Gasteiger partial charge on any atom is 0.120 e.